The molecule has 29 nitrogen and oxygen atoms in total. The van der Waals surface area contributed by atoms with Crippen LogP contribution < -0.4 is 59.7 Å². The summed E-state index contributed by atoms with van der Waals surface area (Å²) >= 11 is 0. The molecule has 1 heterocycles. The first-order valence-electron chi connectivity index (χ1n) is 24.2. The Balaban J connectivity index is 3.51. The third kappa shape index (κ3) is 24.2. The molecule has 1 aromatic rings. The van der Waals surface area contributed by atoms with Crippen molar-refractivity contribution < 1.29 is 77.6 Å². The zero-order valence-electron chi connectivity index (χ0n) is 43.4. The van der Waals surface area contributed by atoms with Crippen molar-refractivity contribution >= 4 is 77.0 Å². The Bertz CT molecular complexity index is 2190. The number of nitrogens with zero attached hydrogens (tertiary/aromatic N) is 1. The molecule has 75 heavy (non-hydrogen) atoms. The Morgan fingerprint density at radius 2 is 0.893 bits per heavy atom. The molecule has 1 rings (SSSR count). The summed E-state index contributed by atoms with van der Waals surface area (Å²) in [5, 5.41) is 47.9. The highest BCUT2D eigenvalue weighted by Crippen LogP contribution is 2.13. The van der Waals surface area contributed by atoms with Gasteiger partial charge in [0.15, 0.2) is 0 Å². The third-order valence-electron chi connectivity index (χ3n) is 11.3. The number of carbonyl (C=O) groups is 13. The highest BCUT2D eigenvalue weighted by molar-refractivity contribution is 5.99. The molecule has 0 saturated carbocycles. The topological polar surface area (TPSA) is 486 Å². The van der Waals surface area contributed by atoms with Crippen molar-refractivity contribution in [1.82, 2.24) is 52.5 Å². The quantitative estimate of drug-likeness (QED) is 0.0309. The Morgan fingerprint density at radius 3 is 1.33 bits per heavy atom. The van der Waals surface area contributed by atoms with Gasteiger partial charge in [-0.25, -0.2) is 9.78 Å². The van der Waals surface area contributed by atoms with Crippen LogP contribution in [0.25, 0.3) is 0 Å². The van der Waals surface area contributed by atoms with Gasteiger partial charge in [0.25, 0.3) is 0 Å². The number of aliphatic carboxylic acids is 3. The molecular weight excluding hydrogens is 991 g/mol. The summed E-state index contributed by atoms with van der Waals surface area (Å²) in [4.78, 5) is 175. The van der Waals surface area contributed by atoms with Gasteiger partial charge in [0.1, 0.15) is 48.3 Å². The fourth-order valence-corrected chi connectivity index (χ4v) is 7.12. The maximum Gasteiger partial charge on any atom is 0.326 e. The molecule has 0 aliphatic carbocycles. The molecule has 10 amide bonds. The van der Waals surface area contributed by atoms with Crippen LogP contribution in [0.1, 0.15) is 112 Å². The van der Waals surface area contributed by atoms with Gasteiger partial charge in [-0.15, -0.1) is 0 Å². The SMILES string of the molecule is CC(C)C[C@H](NC(=O)[C@H](Cc1cnc[nH]1)NC(=O)[C@@H](NC(=O)[C@@H](N)CCC(N)=O)C(C)C)C(=O)N[C@@H](CC(=O)O)C(=O)N[C@@H](CCC(N)=O)C(=O)N[C@H](C(=O)N[C@@H](CCC(=O)O)C(=O)N[C@H](C(=O)O)C(C)C)C(C)C. The number of rotatable bonds is 35. The fraction of sp³-hybridized carbons (Fsp3) is 0.652. The van der Waals surface area contributed by atoms with Crippen LogP contribution in [0.15, 0.2) is 12.5 Å². The maximum atomic E-state index is 14.1. The number of carboxylic acids is 3. The second kappa shape index (κ2) is 31.8. The lowest BCUT2D eigenvalue weighted by atomic mass is 9.99. The normalized spacial score (nSPS) is 14.8. The predicted molar refractivity (Wildman–Crippen MR) is 263 cm³/mol. The smallest absolute Gasteiger partial charge is 0.326 e. The largest absolute Gasteiger partial charge is 0.481 e. The summed E-state index contributed by atoms with van der Waals surface area (Å²) in [5.74, 6) is -16.4. The first-order chi connectivity index (χ1) is 34.8. The molecule has 0 aromatic carbocycles. The number of primary amides is 2. The van der Waals surface area contributed by atoms with Gasteiger partial charge in [-0.1, -0.05) is 55.4 Å². The van der Waals surface area contributed by atoms with Crippen molar-refractivity contribution in [1.29, 1.82) is 0 Å². The molecular formula is C46H75N13O16. The summed E-state index contributed by atoms with van der Waals surface area (Å²) < 4.78 is 0. The Kier molecular flexibility index (Phi) is 27.7. The number of imidazole rings is 1. The van der Waals surface area contributed by atoms with E-state index in [1.165, 1.54) is 40.2 Å². The standard InChI is InChI=1S/C46H75N13O16/c1-20(2)15-28(54-42(70)29(16-24-18-50-19-51-24)56-45(73)35(21(3)4)57-38(66)25(47)9-12-31(48)60)41(69)55-30(17-34(64)65)43(71)52-26(10-13-32(49)61)39(67)58-36(22(5)6)44(72)53-27(11-14-33(62)63)40(68)59-37(23(7)8)46(74)75/h18-23,25-30,35-37H,9-17,47H2,1-8H3,(H2,48,60)(H2,49,61)(H,50,51)(H,52,71)(H,53,72)(H,54,70)(H,55,69)(H,56,73)(H,57,66)(H,58,67)(H,59,68)(H,62,63)(H,64,65)(H,74,75)/t25-,26-,27-,28-,29-,30-,35-,36-,37-/m0/s1. The number of aromatic amines is 1. The fourth-order valence-electron chi connectivity index (χ4n) is 7.12. The average Bonchev–Trinajstić information content (AvgIpc) is 3.82. The lowest BCUT2D eigenvalue weighted by molar-refractivity contribution is -0.144. The van der Waals surface area contributed by atoms with Crippen molar-refractivity contribution in [3.05, 3.63) is 18.2 Å². The van der Waals surface area contributed by atoms with Crippen molar-refractivity contribution in [2.45, 2.75) is 168 Å². The second-order valence-electron chi connectivity index (χ2n) is 19.4. The number of nitrogens with one attached hydrogen (secondary N) is 9. The number of H-pyrrole nitrogens is 1. The zero-order chi connectivity index (χ0) is 57.4. The lowest BCUT2D eigenvalue weighted by Gasteiger charge is -2.29. The van der Waals surface area contributed by atoms with Gasteiger partial charge in [-0.3, -0.25) is 57.5 Å². The van der Waals surface area contributed by atoms with Crippen LogP contribution in [0.2, 0.25) is 0 Å². The molecule has 0 unspecified atom stereocenters. The van der Waals surface area contributed by atoms with Crippen molar-refractivity contribution in [3.8, 4) is 0 Å². The van der Waals surface area contributed by atoms with Crippen LogP contribution in [0.5, 0.6) is 0 Å². The summed E-state index contributed by atoms with van der Waals surface area (Å²) in [7, 11) is 0. The first-order valence-corrected chi connectivity index (χ1v) is 24.2. The highest BCUT2D eigenvalue weighted by atomic mass is 16.4. The number of carboxylic acid groups (broad SMARTS) is 3. The molecule has 29 heteroatoms. The molecule has 1 aromatic heterocycles. The van der Waals surface area contributed by atoms with Gasteiger partial charge in [0.2, 0.25) is 59.1 Å². The van der Waals surface area contributed by atoms with Crippen LogP contribution in [0.3, 0.4) is 0 Å². The second-order valence-corrected chi connectivity index (χ2v) is 19.4. The molecule has 0 radical (unpaired) electrons. The van der Waals surface area contributed by atoms with E-state index in [-0.39, 0.29) is 31.6 Å². The minimum Gasteiger partial charge on any atom is -0.481 e. The summed E-state index contributed by atoms with van der Waals surface area (Å²) in [6.45, 7) is 12.5. The molecule has 420 valence electrons. The predicted octanol–water partition coefficient (Wildman–Crippen LogP) is -3.87. The van der Waals surface area contributed by atoms with Gasteiger partial charge in [-0.05, 0) is 49.4 Å². The molecule has 0 spiro atoms. The van der Waals surface area contributed by atoms with Gasteiger partial charge in [0.05, 0.1) is 18.8 Å². The maximum absolute atomic E-state index is 14.1. The molecule has 0 aliphatic rings. The van der Waals surface area contributed by atoms with E-state index in [4.69, 9.17) is 17.2 Å². The zero-order valence-corrected chi connectivity index (χ0v) is 43.4. The van der Waals surface area contributed by atoms with Gasteiger partial charge >= 0.3 is 17.9 Å². The summed E-state index contributed by atoms with van der Waals surface area (Å²) in [6.07, 6.45) is -1.27. The van der Waals surface area contributed by atoms with E-state index in [2.05, 4.69) is 52.5 Å². The Hall–Kier alpha value is -7.72. The van der Waals surface area contributed by atoms with Gasteiger partial charge < -0.3 is 80.0 Å². The van der Waals surface area contributed by atoms with E-state index >= 15 is 0 Å². The lowest BCUT2D eigenvalue weighted by Crippen LogP contribution is -2.61. The van der Waals surface area contributed by atoms with Crippen molar-refractivity contribution in [3.63, 3.8) is 0 Å². The monoisotopic (exact) mass is 1070 g/mol. The van der Waals surface area contributed by atoms with Crippen LogP contribution in [0.4, 0.5) is 0 Å². The number of hydrogen-bond donors (Lipinski definition) is 15. The van der Waals surface area contributed by atoms with Crippen molar-refractivity contribution in [2.24, 2.45) is 40.9 Å². The number of nitrogens with two attached hydrogens (primary N) is 3. The first kappa shape index (κ1) is 65.3. The molecule has 0 fully saturated rings. The van der Waals surface area contributed by atoms with E-state index in [1.54, 1.807) is 27.7 Å². The van der Waals surface area contributed by atoms with Crippen molar-refractivity contribution in [2.75, 3.05) is 0 Å². The van der Waals surface area contributed by atoms with E-state index in [0.717, 1.165) is 0 Å². The van der Waals surface area contributed by atoms with E-state index in [9.17, 15) is 77.6 Å². The van der Waals surface area contributed by atoms with Crippen LogP contribution in [0, 0.1) is 23.7 Å². The molecule has 0 bridgehead atoms. The van der Waals surface area contributed by atoms with E-state index in [0.29, 0.717) is 5.69 Å². The number of carbonyl (C=O) groups excluding carboxylic acids is 10. The minimum atomic E-state index is -1.96. The average molecular weight is 1070 g/mol. The minimum absolute atomic E-state index is 0.111. The van der Waals surface area contributed by atoms with Crippen LogP contribution in [-0.4, -0.2) is 157 Å². The molecule has 9 atom stereocenters. The number of amides is 10. The molecule has 0 saturated heterocycles. The van der Waals surface area contributed by atoms with Gasteiger partial charge in [-0.2, -0.15) is 0 Å². The Morgan fingerprint density at radius 1 is 0.493 bits per heavy atom. The van der Waals surface area contributed by atoms with Gasteiger partial charge in [0, 0.05) is 37.6 Å². The Labute approximate surface area is 432 Å². The van der Waals surface area contributed by atoms with E-state index < -0.39 is 181 Å². The van der Waals surface area contributed by atoms with Crippen LogP contribution in [-0.2, 0) is 68.7 Å². The number of aromatic nitrogens is 2. The highest BCUT2D eigenvalue weighted by Gasteiger charge is 2.37. The molecule has 0 aliphatic heterocycles. The third-order valence-corrected chi connectivity index (χ3v) is 11.3. The van der Waals surface area contributed by atoms with Crippen LogP contribution >= 0.6 is 0 Å². The number of hydrogen-bond acceptors (Lipinski definition) is 15. The summed E-state index contributed by atoms with van der Waals surface area (Å²) in [6, 6.07) is -13.7. The summed E-state index contributed by atoms with van der Waals surface area (Å²) in [5.41, 5.74) is 16.8. The van der Waals surface area contributed by atoms with E-state index in [1.807, 2.05) is 0 Å². The molecule has 18 N–H and O–H groups in total.